The summed E-state index contributed by atoms with van der Waals surface area (Å²) in [5.41, 5.74) is 9.93. The van der Waals surface area contributed by atoms with Crippen LogP contribution in [0.25, 0.3) is 22.0 Å². The largest absolute Gasteiger partial charge is 0.388 e. The molecule has 4 N–H and O–H groups in total. The number of hydrogen-bond donors (Lipinski definition) is 3. The predicted octanol–water partition coefficient (Wildman–Crippen LogP) is 3.53. The van der Waals surface area contributed by atoms with E-state index in [4.69, 9.17) is 5.73 Å². The summed E-state index contributed by atoms with van der Waals surface area (Å²) < 4.78 is 13.1. The third-order valence-electron chi connectivity index (χ3n) is 4.92. The second-order valence-electron chi connectivity index (χ2n) is 6.76. The molecule has 138 valence electrons. The van der Waals surface area contributed by atoms with E-state index in [2.05, 4.69) is 20.6 Å². The minimum absolute atomic E-state index is 0.279. The number of carbonyl (C=O) groups excluding carboxylic acids is 1. The fourth-order valence-corrected chi connectivity index (χ4v) is 3.22. The fourth-order valence-electron chi connectivity index (χ4n) is 3.22. The first-order chi connectivity index (χ1) is 13.0. The lowest BCUT2D eigenvalue weighted by molar-refractivity contribution is -0.117. The van der Waals surface area contributed by atoms with Gasteiger partial charge in [-0.2, -0.15) is 0 Å². The number of anilines is 3. The highest BCUT2D eigenvalue weighted by atomic mass is 19.1. The number of aromatic nitrogens is 2. The molecule has 1 aliphatic carbocycles. The Morgan fingerprint density at radius 2 is 2.11 bits per heavy atom. The van der Waals surface area contributed by atoms with Gasteiger partial charge in [-0.15, -0.1) is 0 Å². The highest BCUT2D eigenvalue weighted by molar-refractivity contribution is 5.98. The van der Waals surface area contributed by atoms with Gasteiger partial charge in [-0.1, -0.05) is 12.1 Å². The van der Waals surface area contributed by atoms with Crippen molar-refractivity contribution in [2.45, 2.75) is 19.5 Å². The Hall–Kier alpha value is -3.22. The van der Waals surface area contributed by atoms with Crippen LogP contribution >= 0.6 is 0 Å². The molecule has 0 radical (unpaired) electrons. The Morgan fingerprint density at radius 3 is 2.81 bits per heavy atom. The van der Waals surface area contributed by atoms with Crippen molar-refractivity contribution < 1.29 is 9.18 Å². The van der Waals surface area contributed by atoms with Gasteiger partial charge in [0, 0.05) is 29.9 Å². The molecule has 1 aliphatic rings. The van der Waals surface area contributed by atoms with Gasteiger partial charge in [-0.05, 0) is 42.5 Å². The number of halogens is 1. The minimum Gasteiger partial charge on any atom is -0.388 e. The lowest BCUT2D eigenvalue weighted by Gasteiger charge is -2.12. The summed E-state index contributed by atoms with van der Waals surface area (Å²) in [5.74, 6) is -0.154. The summed E-state index contributed by atoms with van der Waals surface area (Å²) >= 11 is 0. The molecule has 0 spiro atoms. The van der Waals surface area contributed by atoms with Crippen molar-refractivity contribution in [1.29, 1.82) is 0 Å². The van der Waals surface area contributed by atoms with Gasteiger partial charge in [-0.25, -0.2) is 14.4 Å². The molecule has 2 aromatic heterocycles. The predicted molar refractivity (Wildman–Crippen MR) is 105 cm³/mol. The summed E-state index contributed by atoms with van der Waals surface area (Å²) in [7, 11) is 1.87. The van der Waals surface area contributed by atoms with Crippen molar-refractivity contribution in [3.63, 3.8) is 0 Å². The molecule has 7 heteroatoms. The highest BCUT2D eigenvalue weighted by Gasteiger charge is 2.43. The van der Waals surface area contributed by atoms with E-state index in [1.54, 1.807) is 12.3 Å². The summed E-state index contributed by atoms with van der Waals surface area (Å²) in [6.07, 6.45) is 0.814. The lowest BCUT2D eigenvalue weighted by atomic mass is 10.0. The van der Waals surface area contributed by atoms with Crippen LogP contribution in [0.2, 0.25) is 0 Å². The van der Waals surface area contributed by atoms with Crippen LogP contribution in [0.15, 0.2) is 36.5 Å². The molecule has 2 atom stereocenters. The van der Waals surface area contributed by atoms with Crippen LogP contribution < -0.4 is 16.4 Å². The first-order valence-corrected chi connectivity index (χ1v) is 8.77. The normalized spacial score (nSPS) is 18.3. The number of rotatable bonds is 4. The Labute approximate surface area is 156 Å². The van der Waals surface area contributed by atoms with Crippen LogP contribution in [-0.4, -0.2) is 29.1 Å². The number of benzene rings is 1. The fraction of sp³-hybridized carbons (Fsp3) is 0.250. The molecule has 0 saturated heterocycles. The summed E-state index contributed by atoms with van der Waals surface area (Å²) in [6, 6.07) is 9.60. The zero-order valence-corrected chi connectivity index (χ0v) is 15.1. The number of alkyl halides is 1. The number of nitrogens with two attached hydrogens (primary N) is 1. The monoisotopic (exact) mass is 365 g/mol. The standard InChI is InChI=1S/C20H20FN5O/c1-10-12(4-3-5-16(10)23-2)17-6-11-7-18(24-9-14(11)19(22)25-17)26-20(27)13-8-15(13)21/h3-7,9,13,15,23H,8H2,1-2H3,(H2,22,25)(H,24,26,27)/t13-,15+/m0/s1. The Bertz CT molecular complexity index is 1050. The molecule has 6 nitrogen and oxygen atoms in total. The van der Waals surface area contributed by atoms with E-state index in [9.17, 15) is 9.18 Å². The zero-order chi connectivity index (χ0) is 19.1. The number of nitrogens with one attached hydrogen (secondary N) is 2. The lowest BCUT2D eigenvalue weighted by Crippen LogP contribution is -2.15. The van der Waals surface area contributed by atoms with Gasteiger partial charge in [-0.3, -0.25) is 4.79 Å². The topological polar surface area (TPSA) is 92.9 Å². The maximum absolute atomic E-state index is 13.1. The van der Waals surface area contributed by atoms with Gasteiger partial charge in [0.2, 0.25) is 5.91 Å². The molecule has 4 rings (SSSR count). The van der Waals surface area contributed by atoms with E-state index in [0.29, 0.717) is 17.0 Å². The van der Waals surface area contributed by atoms with E-state index in [1.165, 1.54) is 0 Å². The Morgan fingerprint density at radius 1 is 1.33 bits per heavy atom. The molecule has 1 saturated carbocycles. The number of fused-ring (bicyclic) bond motifs is 1. The van der Waals surface area contributed by atoms with Gasteiger partial charge < -0.3 is 16.4 Å². The molecule has 1 aromatic carbocycles. The number of pyridine rings is 2. The summed E-state index contributed by atoms with van der Waals surface area (Å²) in [5, 5.41) is 7.35. The molecule has 0 aliphatic heterocycles. The second kappa shape index (κ2) is 6.50. The van der Waals surface area contributed by atoms with E-state index >= 15 is 0 Å². The molecule has 0 bridgehead atoms. The van der Waals surface area contributed by atoms with E-state index in [1.807, 2.05) is 38.2 Å². The van der Waals surface area contributed by atoms with Crippen LogP contribution in [0, 0.1) is 12.8 Å². The van der Waals surface area contributed by atoms with Crippen LogP contribution in [-0.2, 0) is 4.79 Å². The molecular weight excluding hydrogens is 345 g/mol. The third kappa shape index (κ3) is 3.16. The average molecular weight is 365 g/mol. The first kappa shape index (κ1) is 17.2. The quantitative estimate of drug-likeness (QED) is 0.658. The molecule has 27 heavy (non-hydrogen) atoms. The van der Waals surface area contributed by atoms with Crippen molar-refractivity contribution in [2.75, 3.05) is 23.4 Å². The van der Waals surface area contributed by atoms with E-state index in [0.717, 1.165) is 27.9 Å². The maximum atomic E-state index is 13.1. The highest BCUT2D eigenvalue weighted by Crippen LogP contribution is 2.35. The van der Waals surface area contributed by atoms with Crippen molar-refractivity contribution in [3.8, 4) is 11.3 Å². The molecule has 1 fully saturated rings. The smallest absolute Gasteiger partial charge is 0.231 e. The van der Waals surface area contributed by atoms with E-state index < -0.39 is 12.1 Å². The number of carbonyl (C=O) groups is 1. The van der Waals surface area contributed by atoms with E-state index in [-0.39, 0.29) is 12.3 Å². The Kier molecular flexibility index (Phi) is 4.14. The molecule has 1 amide bonds. The number of hydrogen-bond acceptors (Lipinski definition) is 5. The third-order valence-corrected chi connectivity index (χ3v) is 4.92. The summed E-state index contributed by atoms with van der Waals surface area (Å²) in [4.78, 5) is 20.7. The van der Waals surface area contributed by atoms with Crippen LogP contribution in [0.1, 0.15) is 12.0 Å². The first-order valence-electron chi connectivity index (χ1n) is 8.77. The zero-order valence-electron chi connectivity index (χ0n) is 15.1. The molecule has 2 heterocycles. The number of amides is 1. The number of nitrogen functional groups attached to an aromatic ring is 1. The minimum atomic E-state index is -1.04. The SMILES string of the molecule is CNc1cccc(-c2cc3cc(NC(=O)[C@H]4C[C@H]4F)ncc3c(N)n2)c1C. The second-order valence-corrected chi connectivity index (χ2v) is 6.76. The van der Waals surface area contributed by atoms with Crippen LogP contribution in [0.5, 0.6) is 0 Å². The van der Waals surface area contributed by atoms with Crippen molar-refractivity contribution in [1.82, 2.24) is 9.97 Å². The maximum Gasteiger partial charge on any atom is 0.231 e. The summed E-state index contributed by atoms with van der Waals surface area (Å²) in [6.45, 7) is 2.02. The molecular formula is C20H20FN5O. The van der Waals surface area contributed by atoms with Crippen molar-refractivity contribution >= 4 is 34.0 Å². The van der Waals surface area contributed by atoms with Crippen molar-refractivity contribution in [3.05, 3.63) is 42.1 Å². The van der Waals surface area contributed by atoms with Crippen LogP contribution in [0.3, 0.4) is 0 Å². The van der Waals surface area contributed by atoms with Crippen molar-refractivity contribution in [2.24, 2.45) is 5.92 Å². The van der Waals surface area contributed by atoms with Gasteiger partial charge >= 0.3 is 0 Å². The van der Waals surface area contributed by atoms with Gasteiger partial charge in [0.15, 0.2) is 0 Å². The number of nitrogens with zero attached hydrogens (tertiary/aromatic N) is 2. The molecule has 0 unspecified atom stereocenters. The van der Waals surface area contributed by atoms with Gasteiger partial charge in [0.05, 0.1) is 11.6 Å². The Balaban J connectivity index is 1.74. The van der Waals surface area contributed by atoms with Gasteiger partial charge in [0.1, 0.15) is 17.8 Å². The van der Waals surface area contributed by atoms with Gasteiger partial charge in [0.25, 0.3) is 0 Å². The van der Waals surface area contributed by atoms with Crippen LogP contribution in [0.4, 0.5) is 21.7 Å². The average Bonchev–Trinajstić information content (AvgIpc) is 3.38. The molecule has 3 aromatic rings.